The number of thiazole rings is 1. The fraction of sp³-hybridized carbons (Fsp3) is 0.258. The zero-order valence-corrected chi connectivity index (χ0v) is 24.8. The Balaban J connectivity index is 1.57. The van der Waals surface area contributed by atoms with Crippen molar-refractivity contribution in [3.05, 3.63) is 83.3 Å². The van der Waals surface area contributed by atoms with Crippen LogP contribution in [0.15, 0.2) is 72.0 Å². The summed E-state index contributed by atoms with van der Waals surface area (Å²) >= 11 is 1.48. The number of hydrogen-bond donors (Lipinski definition) is 1. The van der Waals surface area contributed by atoms with Gasteiger partial charge in [0, 0.05) is 46.9 Å². The summed E-state index contributed by atoms with van der Waals surface area (Å²) < 4.78 is 39.1. The molecule has 0 radical (unpaired) electrons. The molecule has 11 heteroatoms. The van der Waals surface area contributed by atoms with Crippen LogP contribution in [0.1, 0.15) is 29.0 Å². The Morgan fingerprint density at radius 3 is 2.60 bits per heavy atom. The van der Waals surface area contributed by atoms with Crippen LogP contribution in [-0.4, -0.2) is 45.2 Å². The van der Waals surface area contributed by atoms with E-state index in [1.807, 2.05) is 37.0 Å². The number of nitrogens with zero attached hydrogens (tertiary/aromatic N) is 5. The number of rotatable bonds is 4. The first-order valence-corrected chi connectivity index (χ1v) is 16.2. The van der Waals surface area contributed by atoms with E-state index in [2.05, 4.69) is 27.5 Å². The molecule has 6 aromatic rings. The predicted molar refractivity (Wildman–Crippen MR) is 163 cm³/mol. The molecule has 2 aromatic carbocycles. The third-order valence-corrected chi connectivity index (χ3v) is 11.2. The Kier molecular flexibility index (Phi) is 5.71. The quantitative estimate of drug-likeness (QED) is 0.292. The van der Waals surface area contributed by atoms with Gasteiger partial charge in [-0.05, 0) is 62.7 Å². The number of hydrogen-bond acceptors (Lipinski definition) is 8. The Morgan fingerprint density at radius 1 is 1.02 bits per heavy atom. The van der Waals surface area contributed by atoms with Crippen molar-refractivity contribution in [2.75, 3.05) is 13.1 Å². The summed E-state index contributed by atoms with van der Waals surface area (Å²) in [4.78, 5) is 10.4. The van der Waals surface area contributed by atoms with E-state index in [0.717, 1.165) is 74.4 Å². The van der Waals surface area contributed by atoms with Crippen LogP contribution in [0, 0.1) is 6.92 Å². The fourth-order valence-corrected chi connectivity index (χ4v) is 9.01. The summed E-state index contributed by atoms with van der Waals surface area (Å²) in [6, 6.07) is 14.8. The average Bonchev–Trinajstić information content (AvgIpc) is 3.77. The highest BCUT2D eigenvalue weighted by Gasteiger charge is 2.45. The lowest BCUT2D eigenvalue weighted by Crippen LogP contribution is -2.39. The van der Waals surface area contributed by atoms with Crippen molar-refractivity contribution in [3.8, 4) is 21.7 Å². The molecule has 1 N–H and O–H groups in total. The number of aromatic nitrogens is 5. The zero-order valence-electron chi connectivity index (χ0n) is 23.2. The minimum Gasteiger partial charge on any atom is -0.365 e. The summed E-state index contributed by atoms with van der Waals surface area (Å²) in [5, 5.41) is 10.6. The van der Waals surface area contributed by atoms with E-state index in [1.54, 1.807) is 36.7 Å². The lowest BCUT2D eigenvalue weighted by molar-refractivity contribution is -0.0582. The summed E-state index contributed by atoms with van der Waals surface area (Å²) in [5.74, 6) is 0. The van der Waals surface area contributed by atoms with Gasteiger partial charge >= 0.3 is 0 Å². The molecule has 4 aromatic heterocycles. The Bertz CT molecular complexity index is 2120. The minimum absolute atomic E-state index is 0.203. The highest BCUT2D eigenvalue weighted by molar-refractivity contribution is 7.90. The van der Waals surface area contributed by atoms with Gasteiger partial charge in [-0.25, -0.2) is 22.4 Å². The lowest BCUT2D eigenvalue weighted by Gasteiger charge is -2.34. The molecular weight excluding hydrogens is 569 g/mol. The third-order valence-electron chi connectivity index (χ3n) is 8.56. The molecule has 8 rings (SSSR count). The molecular formula is C31H28N6O3S2. The van der Waals surface area contributed by atoms with E-state index in [9.17, 15) is 8.42 Å². The van der Waals surface area contributed by atoms with E-state index in [4.69, 9.17) is 9.72 Å². The Labute approximate surface area is 246 Å². The summed E-state index contributed by atoms with van der Waals surface area (Å²) in [7, 11) is -2.14. The molecule has 1 spiro atoms. The molecule has 0 unspecified atom stereocenters. The molecule has 2 aliphatic rings. The van der Waals surface area contributed by atoms with Crippen molar-refractivity contribution in [2.24, 2.45) is 7.05 Å². The van der Waals surface area contributed by atoms with E-state index in [1.165, 1.54) is 15.3 Å². The monoisotopic (exact) mass is 596 g/mol. The van der Waals surface area contributed by atoms with Crippen molar-refractivity contribution in [1.29, 1.82) is 0 Å². The van der Waals surface area contributed by atoms with E-state index in [-0.39, 0.29) is 4.90 Å². The lowest BCUT2D eigenvalue weighted by atomic mass is 9.82. The number of benzene rings is 2. The summed E-state index contributed by atoms with van der Waals surface area (Å²) in [5.41, 5.74) is 5.24. The molecule has 42 heavy (non-hydrogen) atoms. The molecule has 0 bridgehead atoms. The number of piperidine rings is 1. The molecule has 2 aliphatic heterocycles. The largest absolute Gasteiger partial charge is 0.365 e. The van der Waals surface area contributed by atoms with Crippen molar-refractivity contribution < 1.29 is 13.2 Å². The second-order valence-electron chi connectivity index (χ2n) is 11.0. The van der Waals surface area contributed by atoms with Gasteiger partial charge in [0.2, 0.25) is 0 Å². The topological polar surface area (TPSA) is 104 Å². The highest BCUT2D eigenvalue weighted by atomic mass is 32.2. The molecule has 212 valence electrons. The average molecular weight is 597 g/mol. The molecule has 0 amide bonds. The molecule has 0 atom stereocenters. The van der Waals surface area contributed by atoms with Gasteiger partial charge < -0.3 is 10.1 Å². The standard InChI is InChI=1S/C31H28N6O3S2/c1-19-33-17-25(41-19)29-26(20-8-9-24-21(14-20)16-35-36(24)2)27-28-22(18-40-31(28)10-12-32-13-11-31)15-34-30(27)37(29)42(38,39)23-6-4-3-5-7-23/h3-9,14-17,32H,10-13,18H2,1-2H3. The predicted octanol–water partition coefficient (Wildman–Crippen LogP) is 5.37. The minimum atomic E-state index is -4.06. The second kappa shape index (κ2) is 9.30. The van der Waals surface area contributed by atoms with Gasteiger partial charge in [0.1, 0.15) is 0 Å². The first kappa shape index (κ1) is 25.8. The fourth-order valence-electron chi connectivity index (χ4n) is 6.63. The van der Waals surface area contributed by atoms with Gasteiger partial charge in [-0.15, -0.1) is 11.3 Å². The number of nitrogens with one attached hydrogen (secondary N) is 1. The Morgan fingerprint density at radius 2 is 1.83 bits per heavy atom. The molecule has 0 saturated carbocycles. The van der Waals surface area contributed by atoms with Crippen molar-refractivity contribution in [2.45, 2.75) is 36.9 Å². The van der Waals surface area contributed by atoms with Gasteiger partial charge in [0.25, 0.3) is 10.0 Å². The van der Waals surface area contributed by atoms with Crippen LogP contribution < -0.4 is 5.32 Å². The third kappa shape index (κ3) is 3.67. The smallest absolute Gasteiger partial charge is 0.269 e. The van der Waals surface area contributed by atoms with Gasteiger partial charge in [0.05, 0.1) is 44.4 Å². The highest BCUT2D eigenvalue weighted by Crippen LogP contribution is 2.52. The SMILES string of the molecule is Cc1ncc(-c2c(-c3ccc4c(cnn4C)c3)c3c4c(cnc3n2S(=O)(=O)c2ccccc2)COC42CCNCC2)s1. The summed E-state index contributed by atoms with van der Waals surface area (Å²) in [6.45, 7) is 4.03. The first-order chi connectivity index (χ1) is 20.4. The normalized spacial score (nSPS) is 16.5. The van der Waals surface area contributed by atoms with Crippen LogP contribution in [0.3, 0.4) is 0 Å². The maximum absolute atomic E-state index is 14.6. The molecule has 6 heterocycles. The zero-order chi connectivity index (χ0) is 28.6. The maximum atomic E-state index is 14.6. The first-order valence-electron chi connectivity index (χ1n) is 13.9. The Hall–Kier alpha value is -3.90. The maximum Gasteiger partial charge on any atom is 0.269 e. The van der Waals surface area contributed by atoms with Gasteiger partial charge in [-0.1, -0.05) is 24.3 Å². The van der Waals surface area contributed by atoms with Crippen LogP contribution in [-0.2, 0) is 34.0 Å². The number of fused-ring (bicyclic) bond motifs is 5. The van der Waals surface area contributed by atoms with Gasteiger partial charge in [0.15, 0.2) is 5.65 Å². The number of ether oxygens (including phenoxy) is 1. The van der Waals surface area contributed by atoms with E-state index in [0.29, 0.717) is 17.9 Å². The van der Waals surface area contributed by atoms with Crippen molar-refractivity contribution in [1.82, 2.24) is 29.0 Å². The molecule has 0 aliphatic carbocycles. The van der Waals surface area contributed by atoms with Crippen molar-refractivity contribution >= 4 is 43.3 Å². The molecule has 1 fully saturated rings. The van der Waals surface area contributed by atoms with Gasteiger partial charge in [-0.2, -0.15) is 5.10 Å². The van der Waals surface area contributed by atoms with Crippen LogP contribution in [0.25, 0.3) is 43.6 Å². The summed E-state index contributed by atoms with van der Waals surface area (Å²) in [6.07, 6.45) is 7.02. The van der Waals surface area contributed by atoms with Crippen LogP contribution >= 0.6 is 11.3 Å². The van der Waals surface area contributed by atoms with Crippen LogP contribution in [0.5, 0.6) is 0 Å². The van der Waals surface area contributed by atoms with E-state index < -0.39 is 15.6 Å². The van der Waals surface area contributed by atoms with Crippen molar-refractivity contribution in [3.63, 3.8) is 0 Å². The second-order valence-corrected chi connectivity index (χ2v) is 14.0. The van der Waals surface area contributed by atoms with E-state index >= 15 is 0 Å². The van der Waals surface area contributed by atoms with Crippen LogP contribution in [0.2, 0.25) is 0 Å². The van der Waals surface area contributed by atoms with Gasteiger partial charge in [-0.3, -0.25) is 4.68 Å². The van der Waals surface area contributed by atoms with Crippen LogP contribution in [0.4, 0.5) is 0 Å². The number of aryl methyl sites for hydroxylation is 2. The number of pyridine rings is 1. The molecule has 1 saturated heterocycles. The molecule has 9 nitrogen and oxygen atoms in total.